The molecule has 3 rings (SSSR count). The molecule has 3 aliphatic rings. The molecule has 0 bridgehead atoms. The van der Waals surface area contributed by atoms with Gasteiger partial charge in [0.25, 0.3) is 0 Å². The Bertz CT molecular complexity index is 433. The summed E-state index contributed by atoms with van der Waals surface area (Å²) in [7, 11) is 0. The fourth-order valence-corrected chi connectivity index (χ4v) is 4.71. The summed E-state index contributed by atoms with van der Waals surface area (Å²) < 4.78 is 0. The molecular weight excluding hydrogens is 236 g/mol. The molecule has 0 saturated heterocycles. The van der Waals surface area contributed by atoms with Gasteiger partial charge in [0.1, 0.15) is 11.6 Å². The Balaban J connectivity index is 1.81. The summed E-state index contributed by atoms with van der Waals surface area (Å²) in [6.45, 7) is 2.28. The molecule has 19 heavy (non-hydrogen) atoms. The van der Waals surface area contributed by atoms with Crippen molar-refractivity contribution in [2.24, 2.45) is 17.8 Å². The van der Waals surface area contributed by atoms with Crippen LogP contribution < -0.4 is 0 Å². The Morgan fingerprint density at radius 2 is 1.84 bits per heavy atom. The molecule has 3 aliphatic carbocycles. The van der Waals surface area contributed by atoms with Gasteiger partial charge in [-0.3, -0.25) is 9.59 Å². The second-order valence-corrected chi connectivity index (χ2v) is 6.60. The van der Waals surface area contributed by atoms with Crippen molar-refractivity contribution in [2.45, 2.75) is 64.7 Å². The second-order valence-electron chi connectivity index (χ2n) is 6.60. The van der Waals surface area contributed by atoms with Crippen molar-refractivity contribution < 1.29 is 9.59 Å². The fourth-order valence-electron chi connectivity index (χ4n) is 4.71. The Morgan fingerprint density at radius 1 is 1.00 bits per heavy atom. The van der Waals surface area contributed by atoms with Crippen LogP contribution in [0.2, 0.25) is 0 Å². The zero-order valence-corrected chi connectivity index (χ0v) is 11.9. The minimum absolute atomic E-state index is 0.433. The van der Waals surface area contributed by atoms with Gasteiger partial charge >= 0.3 is 0 Å². The van der Waals surface area contributed by atoms with Gasteiger partial charge in [-0.25, -0.2) is 0 Å². The van der Waals surface area contributed by atoms with Crippen LogP contribution >= 0.6 is 0 Å². The summed E-state index contributed by atoms with van der Waals surface area (Å²) >= 11 is 0. The Hall–Kier alpha value is -0.920. The topological polar surface area (TPSA) is 34.1 Å². The summed E-state index contributed by atoms with van der Waals surface area (Å²) in [6, 6.07) is 0. The average Bonchev–Trinajstić information content (AvgIpc) is 2.83. The van der Waals surface area contributed by atoms with Crippen LogP contribution in [-0.2, 0) is 9.59 Å². The van der Waals surface area contributed by atoms with E-state index in [2.05, 4.69) is 6.92 Å². The Kier molecular flexibility index (Phi) is 3.60. The number of hydrogen-bond acceptors (Lipinski definition) is 2. The van der Waals surface area contributed by atoms with E-state index in [1.165, 1.54) is 18.4 Å². The predicted octanol–water partition coefficient (Wildman–Crippen LogP) is 3.84. The first kappa shape index (κ1) is 13.1. The minimum atomic E-state index is 0.433. The molecule has 3 atom stereocenters. The van der Waals surface area contributed by atoms with Crippen LogP contribution in [0, 0.1) is 17.8 Å². The minimum Gasteiger partial charge on any atom is -0.300 e. The summed E-state index contributed by atoms with van der Waals surface area (Å²) in [4.78, 5) is 23.2. The van der Waals surface area contributed by atoms with Crippen LogP contribution in [0.5, 0.6) is 0 Å². The fraction of sp³-hybridized carbons (Fsp3) is 0.765. The van der Waals surface area contributed by atoms with Crippen molar-refractivity contribution in [1.82, 2.24) is 0 Å². The van der Waals surface area contributed by atoms with E-state index in [1.807, 2.05) is 0 Å². The van der Waals surface area contributed by atoms with E-state index in [4.69, 9.17) is 0 Å². The van der Waals surface area contributed by atoms with Gasteiger partial charge in [-0.05, 0) is 49.9 Å². The van der Waals surface area contributed by atoms with Gasteiger partial charge in [-0.15, -0.1) is 0 Å². The van der Waals surface area contributed by atoms with Crippen LogP contribution in [0.25, 0.3) is 0 Å². The van der Waals surface area contributed by atoms with Crippen molar-refractivity contribution in [3.05, 3.63) is 11.1 Å². The van der Waals surface area contributed by atoms with Crippen LogP contribution in [-0.4, -0.2) is 11.6 Å². The number of carbonyl (C=O) groups excluding carboxylic acids is 2. The lowest BCUT2D eigenvalue weighted by Gasteiger charge is -2.40. The van der Waals surface area contributed by atoms with Crippen molar-refractivity contribution in [3.8, 4) is 0 Å². The van der Waals surface area contributed by atoms with Gasteiger partial charge in [-0.1, -0.05) is 18.1 Å². The molecule has 2 nitrogen and oxygen atoms in total. The molecule has 0 amide bonds. The molecule has 3 unspecified atom stereocenters. The third-order valence-electron chi connectivity index (χ3n) is 5.61. The standard InChI is InChI=1S/C17H24O2/c1-2-15-16(11-3-5-13(18)9-11)7-4-12-10-14(19)6-8-17(12)15/h11,15-16H,2-10H2,1H3. The lowest BCUT2D eigenvalue weighted by atomic mass is 9.65. The molecule has 0 aromatic rings. The Morgan fingerprint density at radius 3 is 2.53 bits per heavy atom. The number of ketones is 2. The monoisotopic (exact) mass is 260 g/mol. The van der Waals surface area contributed by atoms with Gasteiger partial charge in [0.05, 0.1) is 0 Å². The van der Waals surface area contributed by atoms with Crippen molar-refractivity contribution in [2.75, 3.05) is 0 Å². The van der Waals surface area contributed by atoms with Crippen molar-refractivity contribution in [1.29, 1.82) is 0 Å². The normalized spacial score (nSPS) is 35.7. The van der Waals surface area contributed by atoms with E-state index in [9.17, 15) is 9.59 Å². The molecule has 0 aromatic heterocycles. The second kappa shape index (κ2) is 5.22. The zero-order chi connectivity index (χ0) is 13.4. The van der Waals surface area contributed by atoms with Gasteiger partial charge in [0.2, 0.25) is 0 Å². The van der Waals surface area contributed by atoms with E-state index < -0.39 is 0 Å². The quantitative estimate of drug-likeness (QED) is 0.707. The van der Waals surface area contributed by atoms with Crippen LogP contribution in [0.1, 0.15) is 64.7 Å². The largest absolute Gasteiger partial charge is 0.300 e. The van der Waals surface area contributed by atoms with E-state index in [0.717, 1.165) is 44.9 Å². The SMILES string of the molecule is CCC1C2=C(CCC1C1CCC(=O)C1)CC(=O)CC2. The zero-order valence-electron chi connectivity index (χ0n) is 11.9. The van der Waals surface area contributed by atoms with Crippen molar-refractivity contribution in [3.63, 3.8) is 0 Å². The number of Topliss-reactive ketones (excluding diaryl/α,β-unsaturated/α-hetero) is 2. The van der Waals surface area contributed by atoms with Gasteiger partial charge in [-0.2, -0.15) is 0 Å². The maximum absolute atomic E-state index is 11.6. The first-order chi connectivity index (χ1) is 9.19. The maximum Gasteiger partial charge on any atom is 0.137 e. The van der Waals surface area contributed by atoms with E-state index >= 15 is 0 Å². The lowest BCUT2D eigenvalue weighted by molar-refractivity contribution is -0.119. The average molecular weight is 260 g/mol. The highest BCUT2D eigenvalue weighted by Gasteiger charge is 2.39. The summed E-state index contributed by atoms with van der Waals surface area (Å²) in [5, 5.41) is 0. The Labute approximate surface area is 115 Å². The first-order valence-electron chi connectivity index (χ1n) is 7.93. The molecule has 0 aromatic carbocycles. The smallest absolute Gasteiger partial charge is 0.137 e. The molecule has 0 N–H and O–H groups in total. The predicted molar refractivity (Wildman–Crippen MR) is 74.7 cm³/mol. The molecular formula is C17H24O2. The molecule has 0 radical (unpaired) electrons. The van der Waals surface area contributed by atoms with Gasteiger partial charge in [0, 0.05) is 25.7 Å². The highest BCUT2D eigenvalue weighted by molar-refractivity contribution is 5.83. The highest BCUT2D eigenvalue weighted by Crippen LogP contribution is 2.48. The van der Waals surface area contributed by atoms with Crippen molar-refractivity contribution >= 4 is 11.6 Å². The molecule has 2 heteroatoms. The first-order valence-corrected chi connectivity index (χ1v) is 7.93. The van der Waals surface area contributed by atoms with Crippen LogP contribution in [0.15, 0.2) is 11.1 Å². The number of allylic oxidation sites excluding steroid dienone is 2. The van der Waals surface area contributed by atoms with E-state index in [-0.39, 0.29) is 0 Å². The van der Waals surface area contributed by atoms with Crippen LogP contribution in [0.3, 0.4) is 0 Å². The lowest BCUT2D eigenvalue weighted by Crippen LogP contribution is -2.30. The molecule has 0 aliphatic heterocycles. The highest BCUT2D eigenvalue weighted by atomic mass is 16.1. The molecule has 104 valence electrons. The van der Waals surface area contributed by atoms with Crippen LogP contribution in [0.4, 0.5) is 0 Å². The third-order valence-corrected chi connectivity index (χ3v) is 5.61. The number of carbonyl (C=O) groups is 2. The van der Waals surface area contributed by atoms with E-state index in [1.54, 1.807) is 5.57 Å². The van der Waals surface area contributed by atoms with E-state index in [0.29, 0.717) is 29.3 Å². The summed E-state index contributed by atoms with van der Waals surface area (Å²) in [6.07, 6.45) is 8.74. The number of rotatable bonds is 2. The molecule has 0 heterocycles. The molecule has 1 saturated carbocycles. The van der Waals surface area contributed by atoms with Gasteiger partial charge in [0.15, 0.2) is 0 Å². The third kappa shape index (κ3) is 2.42. The molecule has 1 fully saturated rings. The maximum atomic E-state index is 11.6. The molecule has 0 spiro atoms. The number of hydrogen-bond donors (Lipinski definition) is 0. The summed E-state index contributed by atoms with van der Waals surface area (Å²) in [5.74, 6) is 2.90. The van der Waals surface area contributed by atoms with Gasteiger partial charge < -0.3 is 0 Å². The summed E-state index contributed by atoms with van der Waals surface area (Å²) in [5.41, 5.74) is 3.07.